The standard InChI is InChI=1S/C15H25N3O2S2/c1-16-7-3-2-5-14(16)13-17-8-10-18(11-9-17)22(19,20)15-6-4-12-21-15/h4,6,12,14H,2-3,5,7-11,13H2,1H3/t14-/m0/s1. The van der Waals surface area contributed by atoms with Crippen LogP contribution >= 0.6 is 11.3 Å². The zero-order chi connectivity index (χ0) is 15.6. The number of rotatable bonds is 4. The lowest BCUT2D eigenvalue weighted by Gasteiger charge is -2.39. The van der Waals surface area contributed by atoms with Gasteiger partial charge in [-0.3, -0.25) is 4.90 Å². The van der Waals surface area contributed by atoms with Crippen molar-refractivity contribution in [1.29, 1.82) is 0 Å². The molecule has 1 aromatic heterocycles. The fraction of sp³-hybridized carbons (Fsp3) is 0.733. The Hall–Kier alpha value is -0.470. The first-order valence-electron chi connectivity index (χ1n) is 8.03. The molecule has 2 aliphatic rings. The molecule has 0 N–H and O–H groups in total. The van der Waals surface area contributed by atoms with Crippen LogP contribution in [0.3, 0.4) is 0 Å². The number of likely N-dealkylation sites (N-methyl/N-ethyl adjacent to an activating group) is 1. The second-order valence-corrected chi connectivity index (χ2v) is 9.38. The van der Waals surface area contributed by atoms with Crippen LogP contribution in [-0.2, 0) is 10.0 Å². The van der Waals surface area contributed by atoms with Crippen molar-refractivity contribution in [3.8, 4) is 0 Å². The number of nitrogens with zero attached hydrogens (tertiary/aromatic N) is 3. The van der Waals surface area contributed by atoms with E-state index < -0.39 is 10.0 Å². The van der Waals surface area contributed by atoms with E-state index in [1.807, 2.05) is 5.38 Å². The zero-order valence-corrected chi connectivity index (χ0v) is 14.8. The number of sulfonamides is 1. The molecule has 0 saturated carbocycles. The Morgan fingerprint density at radius 3 is 2.59 bits per heavy atom. The van der Waals surface area contributed by atoms with Crippen LogP contribution in [0.1, 0.15) is 19.3 Å². The Labute approximate surface area is 137 Å². The number of likely N-dealkylation sites (tertiary alicyclic amines) is 1. The molecule has 1 aromatic rings. The molecule has 22 heavy (non-hydrogen) atoms. The van der Waals surface area contributed by atoms with E-state index in [1.54, 1.807) is 16.4 Å². The van der Waals surface area contributed by atoms with Crippen LogP contribution in [0.5, 0.6) is 0 Å². The van der Waals surface area contributed by atoms with Gasteiger partial charge in [0.05, 0.1) is 0 Å². The van der Waals surface area contributed by atoms with Crippen molar-refractivity contribution < 1.29 is 8.42 Å². The summed E-state index contributed by atoms with van der Waals surface area (Å²) in [4.78, 5) is 4.88. The third kappa shape index (κ3) is 3.54. The van der Waals surface area contributed by atoms with Crippen molar-refractivity contribution >= 4 is 21.4 Å². The maximum atomic E-state index is 12.5. The second-order valence-electron chi connectivity index (χ2n) is 6.27. The lowest BCUT2D eigenvalue weighted by molar-refractivity contribution is 0.106. The van der Waals surface area contributed by atoms with E-state index in [9.17, 15) is 8.42 Å². The Bertz CT molecular complexity index is 566. The SMILES string of the molecule is CN1CCCC[C@H]1CN1CCN(S(=O)(=O)c2cccs2)CC1. The molecule has 1 atom stereocenters. The average Bonchev–Trinajstić information content (AvgIpc) is 3.05. The molecule has 3 rings (SSSR count). The topological polar surface area (TPSA) is 43.9 Å². The van der Waals surface area contributed by atoms with Crippen LogP contribution in [0, 0.1) is 0 Å². The van der Waals surface area contributed by atoms with Crippen LogP contribution < -0.4 is 0 Å². The van der Waals surface area contributed by atoms with E-state index in [-0.39, 0.29) is 0 Å². The molecule has 0 aliphatic carbocycles. The highest BCUT2D eigenvalue weighted by molar-refractivity contribution is 7.91. The molecule has 0 aromatic carbocycles. The van der Waals surface area contributed by atoms with Crippen LogP contribution in [0.15, 0.2) is 21.7 Å². The van der Waals surface area contributed by atoms with Gasteiger partial charge in [0.1, 0.15) is 4.21 Å². The van der Waals surface area contributed by atoms with Gasteiger partial charge in [0, 0.05) is 38.8 Å². The minimum absolute atomic E-state index is 0.466. The van der Waals surface area contributed by atoms with Gasteiger partial charge < -0.3 is 4.90 Å². The first-order valence-corrected chi connectivity index (χ1v) is 10.4. The molecular weight excluding hydrogens is 318 g/mol. The number of hydrogen-bond donors (Lipinski definition) is 0. The molecule has 0 amide bonds. The number of piperidine rings is 1. The maximum Gasteiger partial charge on any atom is 0.252 e. The summed E-state index contributed by atoms with van der Waals surface area (Å²) >= 11 is 1.30. The van der Waals surface area contributed by atoms with Gasteiger partial charge >= 0.3 is 0 Å². The predicted octanol–water partition coefficient (Wildman–Crippen LogP) is 1.54. The summed E-state index contributed by atoms with van der Waals surface area (Å²) in [5, 5.41) is 1.82. The Kier molecular flexibility index (Phi) is 5.19. The van der Waals surface area contributed by atoms with Gasteiger partial charge in [-0.25, -0.2) is 8.42 Å². The van der Waals surface area contributed by atoms with E-state index in [0.29, 0.717) is 23.3 Å². The second kappa shape index (κ2) is 6.97. The number of hydrogen-bond acceptors (Lipinski definition) is 5. The summed E-state index contributed by atoms with van der Waals surface area (Å²) < 4.78 is 27.1. The molecule has 0 unspecified atom stereocenters. The molecule has 0 radical (unpaired) electrons. The molecule has 7 heteroatoms. The lowest BCUT2D eigenvalue weighted by Crippen LogP contribution is -2.52. The fourth-order valence-electron chi connectivity index (χ4n) is 3.36. The maximum absolute atomic E-state index is 12.5. The quantitative estimate of drug-likeness (QED) is 0.832. The summed E-state index contributed by atoms with van der Waals surface area (Å²) in [7, 11) is -1.06. The molecule has 5 nitrogen and oxygen atoms in total. The van der Waals surface area contributed by atoms with E-state index >= 15 is 0 Å². The fourth-order valence-corrected chi connectivity index (χ4v) is 5.93. The first-order chi connectivity index (χ1) is 10.6. The van der Waals surface area contributed by atoms with Gasteiger partial charge in [0.25, 0.3) is 10.0 Å². The molecule has 2 saturated heterocycles. The molecule has 2 fully saturated rings. The number of thiophene rings is 1. The van der Waals surface area contributed by atoms with E-state index in [0.717, 1.165) is 19.6 Å². The minimum atomic E-state index is -3.27. The van der Waals surface area contributed by atoms with Gasteiger partial charge in [-0.2, -0.15) is 4.31 Å². The van der Waals surface area contributed by atoms with Gasteiger partial charge in [-0.15, -0.1) is 11.3 Å². The first kappa shape index (κ1) is 16.4. The molecule has 0 spiro atoms. The van der Waals surface area contributed by atoms with Gasteiger partial charge in [0.2, 0.25) is 0 Å². The van der Waals surface area contributed by atoms with Crippen LogP contribution in [0.4, 0.5) is 0 Å². The largest absolute Gasteiger partial charge is 0.302 e. The van der Waals surface area contributed by atoms with Crippen LogP contribution in [0.2, 0.25) is 0 Å². The van der Waals surface area contributed by atoms with Crippen molar-refractivity contribution in [3.63, 3.8) is 0 Å². The van der Waals surface area contributed by atoms with Crippen molar-refractivity contribution in [3.05, 3.63) is 17.5 Å². The monoisotopic (exact) mass is 343 g/mol. The van der Waals surface area contributed by atoms with E-state index in [4.69, 9.17) is 0 Å². The zero-order valence-electron chi connectivity index (χ0n) is 13.1. The summed E-state index contributed by atoms with van der Waals surface area (Å²) in [6.07, 6.45) is 3.89. The minimum Gasteiger partial charge on any atom is -0.302 e. The predicted molar refractivity (Wildman–Crippen MR) is 89.8 cm³/mol. The van der Waals surface area contributed by atoms with Gasteiger partial charge in [0.15, 0.2) is 0 Å². The lowest BCUT2D eigenvalue weighted by atomic mass is 10.0. The summed E-state index contributed by atoms with van der Waals surface area (Å²) in [5.41, 5.74) is 0. The third-order valence-electron chi connectivity index (χ3n) is 4.81. The smallest absolute Gasteiger partial charge is 0.252 e. The van der Waals surface area contributed by atoms with Crippen molar-refractivity contribution in [1.82, 2.24) is 14.1 Å². The van der Waals surface area contributed by atoms with E-state index in [1.165, 1.54) is 37.1 Å². The van der Waals surface area contributed by atoms with Crippen molar-refractivity contribution in [2.45, 2.75) is 29.5 Å². The Morgan fingerprint density at radius 1 is 1.18 bits per heavy atom. The van der Waals surface area contributed by atoms with Gasteiger partial charge in [-0.1, -0.05) is 12.5 Å². The highest BCUT2D eigenvalue weighted by atomic mass is 32.2. The third-order valence-corrected chi connectivity index (χ3v) is 8.08. The molecule has 3 heterocycles. The molecular formula is C15H25N3O2S2. The molecule has 124 valence electrons. The van der Waals surface area contributed by atoms with Crippen LogP contribution in [-0.4, -0.2) is 74.9 Å². The molecule has 0 bridgehead atoms. The Balaban J connectivity index is 1.54. The van der Waals surface area contributed by atoms with Crippen LogP contribution in [0.25, 0.3) is 0 Å². The van der Waals surface area contributed by atoms with Crippen molar-refractivity contribution in [2.75, 3.05) is 46.3 Å². The number of piperazine rings is 1. The summed E-state index contributed by atoms with van der Waals surface area (Å²) in [6, 6.07) is 4.13. The Morgan fingerprint density at radius 2 is 1.95 bits per heavy atom. The highest BCUT2D eigenvalue weighted by Gasteiger charge is 2.30. The van der Waals surface area contributed by atoms with Crippen molar-refractivity contribution in [2.24, 2.45) is 0 Å². The normalized spacial score (nSPS) is 26.3. The average molecular weight is 344 g/mol. The summed E-state index contributed by atoms with van der Waals surface area (Å²) in [5.74, 6) is 0. The highest BCUT2D eigenvalue weighted by Crippen LogP contribution is 2.23. The van der Waals surface area contributed by atoms with Gasteiger partial charge in [-0.05, 0) is 37.9 Å². The molecule has 2 aliphatic heterocycles. The van der Waals surface area contributed by atoms with E-state index in [2.05, 4.69) is 16.8 Å². The summed E-state index contributed by atoms with van der Waals surface area (Å²) in [6.45, 7) is 5.16.